The third kappa shape index (κ3) is 1.69. The number of aromatic amines is 1. The summed E-state index contributed by atoms with van der Waals surface area (Å²) in [5.41, 5.74) is 1.72. The van der Waals surface area contributed by atoms with E-state index in [1.807, 2.05) is 0 Å². The van der Waals surface area contributed by atoms with Gasteiger partial charge in [-0.3, -0.25) is 4.79 Å². The van der Waals surface area contributed by atoms with Gasteiger partial charge in [-0.15, -0.1) is 0 Å². The number of nitrogens with one attached hydrogen (secondary N) is 1. The number of H-pyrrole nitrogens is 1. The van der Waals surface area contributed by atoms with Crippen molar-refractivity contribution in [1.29, 1.82) is 0 Å². The van der Waals surface area contributed by atoms with Gasteiger partial charge in [0, 0.05) is 10.9 Å². The summed E-state index contributed by atoms with van der Waals surface area (Å²) in [5, 5.41) is 10.5. The third-order valence-electron chi connectivity index (χ3n) is 3.65. The highest BCUT2D eigenvalue weighted by molar-refractivity contribution is 6.56. The van der Waals surface area contributed by atoms with E-state index < -0.39 is 5.82 Å². The maximum absolute atomic E-state index is 13.5. The molecule has 0 radical (unpaired) electrons. The minimum atomic E-state index is -0.607. The van der Waals surface area contributed by atoms with Crippen LogP contribution in [0.2, 0.25) is 5.02 Å². The number of ketones is 1. The van der Waals surface area contributed by atoms with Gasteiger partial charge in [-0.25, -0.2) is 9.38 Å². The summed E-state index contributed by atoms with van der Waals surface area (Å²) in [6.07, 6.45) is 0. The van der Waals surface area contributed by atoms with Crippen LogP contribution in [0, 0.1) is 5.82 Å². The number of carbonyl (C=O) groups excluding carboxylic acids is 1. The molecule has 2 N–H and O–H groups in total. The highest BCUT2D eigenvalue weighted by Gasteiger charge is 2.30. The number of aliphatic imine (C=N–C) groups is 1. The maximum Gasteiger partial charge on any atom is 0.214 e. The van der Waals surface area contributed by atoms with Crippen molar-refractivity contribution in [2.75, 3.05) is 0 Å². The summed E-state index contributed by atoms with van der Waals surface area (Å²) < 4.78 is 13.5. The molecule has 0 atom stereocenters. The zero-order chi connectivity index (χ0) is 15.4. The molecule has 0 saturated heterocycles. The number of halogens is 2. The van der Waals surface area contributed by atoms with Gasteiger partial charge in [-0.1, -0.05) is 23.7 Å². The van der Waals surface area contributed by atoms with Crippen LogP contribution in [0.25, 0.3) is 10.9 Å². The maximum atomic E-state index is 13.5. The smallest absolute Gasteiger partial charge is 0.214 e. The third-order valence-corrected chi connectivity index (χ3v) is 3.94. The first-order valence-corrected chi connectivity index (χ1v) is 6.86. The standard InChI is InChI=1S/C16H8ClFN2O2/c17-9-5-8-12(6-10(9)18)20-16(22)13(8)14-15(21)7-3-1-2-4-11(7)19-14/h1-6,20,22H. The topological polar surface area (TPSA) is 65.4 Å². The quantitative estimate of drug-likeness (QED) is 0.713. The van der Waals surface area contributed by atoms with Crippen LogP contribution < -0.4 is 0 Å². The molecule has 4 nitrogen and oxygen atoms in total. The lowest BCUT2D eigenvalue weighted by molar-refractivity contribution is 0.107. The van der Waals surface area contributed by atoms with E-state index in [1.54, 1.807) is 24.3 Å². The molecule has 0 bridgehead atoms. The Morgan fingerprint density at radius 3 is 2.77 bits per heavy atom. The SMILES string of the molecule is O=C1C(c2c(O)[nH]c3cc(F)c(Cl)cc23)=Nc2ccccc21. The van der Waals surface area contributed by atoms with Crippen LogP contribution in [-0.4, -0.2) is 21.6 Å². The van der Waals surface area contributed by atoms with Crippen LogP contribution in [0.3, 0.4) is 0 Å². The van der Waals surface area contributed by atoms with E-state index in [-0.39, 0.29) is 28.0 Å². The highest BCUT2D eigenvalue weighted by Crippen LogP contribution is 2.36. The fraction of sp³-hybridized carbons (Fsp3) is 0. The number of para-hydroxylation sites is 1. The van der Waals surface area contributed by atoms with Crippen molar-refractivity contribution in [1.82, 2.24) is 4.98 Å². The molecule has 0 aliphatic carbocycles. The molecule has 108 valence electrons. The number of rotatable bonds is 1. The molecule has 2 aromatic carbocycles. The zero-order valence-corrected chi connectivity index (χ0v) is 11.8. The summed E-state index contributed by atoms with van der Waals surface area (Å²) in [4.78, 5) is 19.4. The molecular weight excluding hydrogens is 307 g/mol. The predicted octanol–water partition coefficient (Wildman–Crippen LogP) is 3.98. The number of aromatic hydroxyl groups is 1. The molecule has 0 spiro atoms. The van der Waals surface area contributed by atoms with Gasteiger partial charge in [-0.05, 0) is 24.3 Å². The Kier molecular flexibility index (Phi) is 2.62. The molecule has 0 amide bonds. The summed E-state index contributed by atoms with van der Waals surface area (Å²) in [7, 11) is 0. The van der Waals surface area contributed by atoms with E-state index in [9.17, 15) is 14.3 Å². The second-order valence-electron chi connectivity index (χ2n) is 4.97. The minimum Gasteiger partial charge on any atom is -0.494 e. The Balaban J connectivity index is 1.99. The molecule has 1 aliphatic heterocycles. The molecule has 2 heterocycles. The minimum absolute atomic E-state index is 0.0867. The lowest BCUT2D eigenvalue weighted by atomic mass is 10.0. The van der Waals surface area contributed by atoms with Crippen molar-refractivity contribution < 1.29 is 14.3 Å². The number of hydrogen-bond donors (Lipinski definition) is 2. The number of Topliss-reactive ketones (excluding diaryl/α,β-unsaturated/α-hetero) is 1. The number of benzene rings is 2. The second kappa shape index (κ2) is 4.42. The molecular formula is C16H8ClFN2O2. The fourth-order valence-corrected chi connectivity index (χ4v) is 2.81. The van der Waals surface area contributed by atoms with Gasteiger partial charge in [-0.2, -0.15) is 0 Å². The first-order valence-electron chi connectivity index (χ1n) is 6.48. The highest BCUT2D eigenvalue weighted by atomic mass is 35.5. The summed E-state index contributed by atoms with van der Waals surface area (Å²) in [5.74, 6) is -1.13. The number of fused-ring (bicyclic) bond motifs is 2. The van der Waals surface area contributed by atoms with Crippen molar-refractivity contribution in [2.24, 2.45) is 4.99 Å². The summed E-state index contributed by atoms with van der Waals surface area (Å²) in [6.45, 7) is 0. The predicted molar refractivity (Wildman–Crippen MR) is 81.9 cm³/mol. The van der Waals surface area contributed by atoms with Crippen molar-refractivity contribution in [2.45, 2.75) is 0 Å². The fourth-order valence-electron chi connectivity index (χ4n) is 2.65. The Bertz CT molecular complexity index is 991. The second-order valence-corrected chi connectivity index (χ2v) is 5.37. The van der Waals surface area contributed by atoms with E-state index >= 15 is 0 Å². The Hall–Kier alpha value is -2.66. The average Bonchev–Trinajstić information content (AvgIpc) is 2.97. The van der Waals surface area contributed by atoms with Crippen molar-refractivity contribution in [3.05, 3.63) is 58.4 Å². The first-order chi connectivity index (χ1) is 10.6. The molecule has 1 aliphatic rings. The van der Waals surface area contributed by atoms with E-state index in [4.69, 9.17) is 11.6 Å². The lowest BCUT2D eigenvalue weighted by Gasteiger charge is -2.00. The van der Waals surface area contributed by atoms with Crippen LogP contribution >= 0.6 is 11.6 Å². The van der Waals surface area contributed by atoms with Crippen molar-refractivity contribution in [3.8, 4) is 5.88 Å². The lowest BCUT2D eigenvalue weighted by Crippen LogP contribution is -2.10. The van der Waals surface area contributed by atoms with Gasteiger partial charge in [0.1, 0.15) is 11.5 Å². The van der Waals surface area contributed by atoms with Gasteiger partial charge in [0.15, 0.2) is 5.88 Å². The summed E-state index contributed by atoms with van der Waals surface area (Å²) >= 11 is 5.81. The molecule has 22 heavy (non-hydrogen) atoms. The Morgan fingerprint density at radius 1 is 1.23 bits per heavy atom. The largest absolute Gasteiger partial charge is 0.494 e. The van der Waals surface area contributed by atoms with E-state index in [1.165, 1.54) is 12.1 Å². The molecule has 6 heteroatoms. The normalized spacial score (nSPS) is 13.5. The monoisotopic (exact) mass is 314 g/mol. The van der Waals surface area contributed by atoms with Crippen LogP contribution in [-0.2, 0) is 0 Å². The van der Waals surface area contributed by atoms with Crippen molar-refractivity contribution in [3.63, 3.8) is 0 Å². The van der Waals surface area contributed by atoms with E-state index in [0.29, 0.717) is 22.2 Å². The summed E-state index contributed by atoms with van der Waals surface area (Å²) in [6, 6.07) is 9.46. The molecule has 3 aromatic rings. The van der Waals surface area contributed by atoms with Crippen LogP contribution in [0.15, 0.2) is 41.4 Å². The van der Waals surface area contributed by atoms with E-state index in [2.05, 4.69) is 9.98 Å². The molecule has 0 unspecified atom stereocenters. The average molecular weight is 315 g/mol. The van der Waals surface area contributed by atoms with E-state index in [0.717, 1.165) is 0 Å². The number of hydrogen-bond acceptors (Lipinski definition) is 3. The van der Waals surface area contributed by atoms with Gasteiger partial charge in [0.25, 0.3) is 0 Å². The van der Waals surface area contributed by atoms with Crippen LogP contribution in [0.1, 0.15) is 15.9 Å². The molecule has 0 saturated carbocycles. The van der Waals surface area contributed by atoms with Crippen LogP contribution in [0.4, 0.5) is 10.1 Å². The first kappa shape index (κ1) is 13.0. The van der Waals surface area contributed by atoms with Gasteiger partial charge in [0.05, 0.1) is 21.8 Å². The molecule has 1 aromatic heterocycles. The van der Waals surface area contributed by atoms with Crippen molar-refractivity contribution >= 4 is 39.7 Å². The zero-order valence-electron chi connectivity index (χ0n) is 11.0. The Morgan fingerprint density at radius 2 is 2.00 bits per heavy atom. The number of carbonyl (C=O) groups is 1. The van der Waals surface area contributed by atoms with Gasteiger partial charge >= 0.3 is 0 Å². The Labute approximate surface area is 128 Å². The van der Waals surface area contributed by atoms with Crippen LogP contribution in [0.5, 0.6) is 5.88 Å². The molecule has 0 fully saturated rings. The molecule has 4 rings (SSSR count). The number of aromatic nitrogens is 1. The van der Waals surface area contributed by atoms with Gasteiger partial charge < -0.3 is 10.1 Å². The number of nitrogens with zero attached hydrogens (tertiary/aromatic N) is 1. The van der Waals surface area contributed by atoms with Gasteiger partial charge in [0.2, 0.25) is 5.78 Å².